The molecule has 0 aromatic carbocycles. The Bertz CT molecular complexity index is 540. The number of anilines is 1. The number of aliphatic hydroxyl groups is 1. The molecule has 8 nitrogen and oxygen atoms in total. The summed E-state index contributed by atoms with van der Waals surface area (Å²) in [7, 11) is 0. The van der Waals surface area contributed by atoms with E-state index < -0.39 is 27.7 Å². The van der Waals surface area contributed by atoms with Crippen LogP contribution in [0.25, 0.3) is 0 Å². The minimum absolute atomic E-state index is 0.0892. The number of carbonyl (C=O) groups is 1. The molecule has 0 aliphatic heterocycles. The van der Waals surface area contributed by atoms with Crippen LogP contribution in [-0.2, 0) is 0 Å². The molecule has 2 rings (SSSR count). The average molecular weight is 281 g/mol. The van der Waals surface area contributed by atoms with Gasteiger partial charge in [0, 0.05) is 6.07 Å². The fourth-order valence-corrected chi connectivity index (χ4v) is 2.48. The first-order chi connectivity index (χ1) is 9.47. The topological polar surface area (TPSA) is 126 Å². The fraction of sp³-hybridized carbons (Fsp3) is 0.500. The second-order valence-electron chi connectivity index (χ2n) is 4.92. The predicted octanol–water partition coefficient (Wildman–Crippen LogP) is 1.40. The molecule has 0 spiro atoms. The molecule has 1 fully saturated rings. The van der Waals surface area contributed by atoms with E-state index in [0.717, 1.165) is 37.9 Å². The normalized spacial score (nSPS) is 16.9. The highest BCUT2D eigenvalue weighted by Gasteiger charge is 2.34. The quantitative estimate of drug-likeness (QED) is 0.550. The van der Waals surface area contributed by atoms with Crippen molar-refractivity contribution in [2.24, 2.45) is 0 Å². The van der Waals surface area contributed by atoms with Crippen LogP contribution >= 0.6 is 0 Å². The second-order valence-corrected chi connectivity index (χ2v) is 4.92. The van der Waals surface area contributed by atoms with Gasteiger partial charge in [-0.3, -0.25) is 10.1 Å². The van der Waals surface area contributed by atoms with Crippen molar-refractivity contribution in [3.63, 3.8) is 0 Å². The van der Waals surface area contributed by atoms with Gasteiger partial charge in [-0.25, -0.2) is 9.78 Å². The Morgan fingerprint density at radius 3 is 2.65 bits per heavy atom. The van der Waals surface area contributed by atoms with Crippen LogP contribution in [0, 0.1) is 10.1 Å². The van der Waals surface area contributed by atoms with Crippen LogP contribution in [0.2, 0.25) is 0 Å². The summed E-state index contributed by atoms with van der Waals surface area (Å²) in [5, 5.41) is 32.3. The molecular weight excluding hydrogens is 266 g/mol. The highest BCUT2D eigenvalue weighted by molar-refractivity contribution is 5.93. The van der Waals surface area contributed by atoms with Crippen LogP contribution in [0.15, 0.2) is 12.3 Å². The van der Waals surface area contributed by atoms with Gasteiger partial charge in [-0.05, 0) is 12.8 Å². The average Bonchev–Trinajstić information content (AvgIpc) is 2.87. The van der Waals surface area contributed by atoms with E-state index >= 15 is 0 Å². The van der Waals surface area contributed by atoms with E-state index in [1.54, 1.807) is 0 Å². The first-order valence-electron chi connectivity index (χ1n) is 6.24. The van der Waals surface area contributed by atoms with Crippen molar-refractivity contribution in [2.75, 3.05) is 11.9 Å². The largest absolute Gasteiger partial charge is 0.477 e. The molecule has 0 unspecified atom stereocenters. The number of nitro groups is 1. The van der Waals surface area contributed by atoms with Crippen LogP contribution in [0.4, 0.5) is 11.5 Å². The van der Waals surface area contributed by atoms with Crippen LogP contribution in [0.3, 0.4) is 0 Å². The molecule has 1 aromatic rings. The Kier molecular flexibility index (Phi) is 3.84. The molecule has 8 heteroatoms. The molecule has 3 N–H and O–H groups in total. The van der Waals surface area contributed by atoms with E-state index in [9.17, 15) is 20.0 Å². The van der Waals surface area contributed by atoms with Gasteiger partial charge in [0.2, 0.25) is 0 Å². The summed E-state index contributed by atoms with van der Waals surface area (Å²) in [6.45, 7) is -0.0892. The molecular formula is C12H15N3O5. The summed E-state index contributed by atoms with van der Waals surface area (Å²) >= 11 is 0. The molecule has 1 aliphatic rings. The van der Waals surface area contributed by atoms with Crippen LogP contribution in [-0.4, -0.2) is 38.2 Å². The third kappa shape index (κ3) is 2.69. The molecule has 0 radical (unpaired) electrons. The standard InChI is InChI=1S/C12H15N3O5/c16-7-12(3-1-2-4-12)14-10-5-8(11(17)18)9(6-13-10)15(19)20/h5-6,16H,1-4,7H2,(H,13,14)(H,17,18). The van der Waals surface area contributed by atoms with Crippen LogP contribution < -0.4 is 5.32 Å². The lowest BCUT2D eigenvalue weighted by atomic mass is 9.99. The Hall–Kier alpha value is -2.22. The molecule has 0 bridgehead atoms. The minimum atomic E-state index is -1.38. The minimum Gasteiger partial charge on any atom is -0.477 e. The Labute approximate surface area is 114 Å². The number of carboxylic acid groups (broad SMARTS) is 1. The number of aromatic carboxylic acids is 1. The van der Waals surface area contributed by atoms with E-state index in [2.05, 4.69) is 10.3 Å². The number of hydrogen-bond acceptors (Lipinski definition) is 6. The molecule has 20 heavy (non-hydrogen) atoms. The molecule has 1 heterocycles. The van der Waals surface area contributed by atoms with Gasteiger partial charge in [-0.2, -0.15) is 0 Å². The first kappa shape index (κ1) is 14.2. The zero-order valence-corrected chi connectivity index (χ0v) is 10.7. The summed E-state index contributed by atoms with van der Waals surface area (Å²) in [6.07, 6.45) is 4.36. The molecule has 0 amide bonds. The number of carboxylic acids is 1. The van der Waals surface area contributed by atoms with Gasteiger partial charge in [-0.1, -0.05) is 12.8 Å². The number of pyridine rings is 1. The van der Waals surface area contributed by atoms with Gasteiger partial charge < -0.3 is 15.5 Å². The van der Waals surface area contributed by atoms with Crippen molar-refractivity contribution < 1.29 is 19.9 Å². The van der Waals surface area contributed by atoms with Crippen molar-refractivity contribution in [3.05, 3.63) is 27.9 Å². The highest BCUT2D eigenvalue weighted by Crippen LogP contribution is 2.33. The summed E-state index contributed by atoms with van der Waals surface area (Å²) in [4.78, 5) is 24.9. The maximum atomic E-state index is 11.1. The van der Waals surface area contributed by atoms with Crippen molar-refractivity contribution in [2.45, 2.75) is 31.2 Å². The van der Waals surface area contributed by atoms with Gasteiger partial charge in [0.05, 0.1) is 17.1 Å². The van der Waals surface area contributed by atoms with E-state index in [1.807, 2.05) is 0 Å². The number of nitrogens with one attached hydrogen (secondary N) is 1. The number of aromatic nitrogens is 1. The highest BCUT2D eigenvalue weighted by atomic mass is 16.6. The zero-order valence-electron chi connectivity index (χ0n) is 10.7. The summed E-state index contributed by atoms with van der Waals surface area (Å²) in [5.74, 6) is -1.16. The number of aliphatic hydroxyl groups excluding tert-OH is 1. The molecule has 0 atom stereocenters. The fourth-order valence-electron chi connectivity index (χ4n) is 2.48. The molecule has 1 aliphatic carbocycles. The van der Waals surface area contributed by atoms with Gasteiger partial charge in [0.1, 0.15) is 17.6 Å². The van der Waals surface area contributed by atoms with E-state index in [0.29, 0.717) is 0 Å². The van der Waals surface area contributed by atoms with Crippen molar-refractivity contribution in [1.29, 1.82) is 0 Å². The Morgan fingerprint density at radius 2 is 2.15 bits per heavy atom. The summed E-state index contributed by atoms with van der Waals surface area (Å²) in [6, 6.07) is 1.14. The molecule has 1 saturated carbocycles. The maximum Gasteiger partial charge on any atom is 0.342 e. The monoisotopic (exact) mass is 281 g/mol. The summed E-state index contributed by atoms with van der Waals surface area (Å²) < 4.78 is 0. The van der Waals surface area contributed by atoms with Crippen LogP contribution in [0.1, 0.15) is 36.0 Å². The smallest absolute Gasteiger partial charge is 0.342 e. The first-order valence-corrected chi connectivity index (χ1v) is 6.24. The zero-order chi connectivity index (χ0) is 14.8. The van der Waals surface area contributed by atoms with Crippen molar-refractivity contribution >= 4 is 17.5 Å². The van der Waals surface area contributed by atoms with Gasteiger partial charge >= 0.3 is 11.7 Å². The molecule has 0 saturated heterocycles. The number of rotatable bonds is 5. The number of hydrogen-bond donors (Lipinski definition) is 3. The molecule has 1 aromatic heterocycles. The Balaban J connectivity index is 2.31. The van der Waals surface area contributed by atoms with Crippen molar-refractivity contribution in [1.82, 2.24) is 4.98 Å². The number of nitrogens with zero attached hydrogens (tertiary/aromatic N) is 2. The lowest BCUT2D eigenvalue weighted by Gasteiger charge is -2.28. The SMILES string of the molecule is O=C(O)c1cc(NC2(CO)CCCC2)ncc1[N+](=O)[O-]. The summed E-state index contributed by atoms with van der Waals surface area (Å²) in [5.41, 5.74) is -1.48. The van der Waals surface area contributed by atoms with E-state index in [4.69, 9.17) is 5.11 Å². The van der Waals surface area contributed by atoms with Gasteiger partial charge in [-0.15, -0.1) is 0 Å². The van der Waals surface area contributed by atoms with E-state index in [-0.39, 0.29) is 12.4 Å². The second kappa shape index (κ2) is 5.41. The van der Waals surface area contributed by atoms with Crippen molar-refractivity contribution in [3.8, 4) is 0 Å². The Morgan fingerprint density at radius 1 is 1.50 bits per heavy atom. The predicted molar refractivity (Wildman–Crippen MR) is 69.8 cm³/mol. The van der Waals surface area contributed by atoms with Crippen LogP contribution in [0.5, 0.6) is 0 Å². The third-order valence-corrected chi connectivity index (χ3v) is 3.57. The van der Waals surface area contributed by atoms with Gasteiger partial charge in [0.15, 0.2) is 0 Å². The van der Waals surface area contributed by atoms with E-state index in [1.165, 1.54) is 0 Å². The lowest BCUT2D eigenvalue weighted by Crippen LogP contribution is -2.39. The maximum absolute atomic E-state index is 11.1. The molecule has 108 valence electrons. The lowest BCUT2D eigenvalue weighted by molar-refractivity contribution is -0.385. The van der Waals surface area contributed by atoms with Gasteiger partial charge in [0.25, 0.3) is 0 Å². The third-order valence-electron chi connectivity index (χ3n) is 3.57.